The van der Waals surface area contributed by atoms with Gasteiger partial charge in [-0.25, -0.2) is 4.98 Å². The second kappa shape index (κ2) is 4.33. The van der Waals surface area contributed by atoms with Crippen molar-refractivity contribution in [1.82, 2.24) is 15.0 Å². The number of nitrogens with zero attached hydrogens (tertiary/aromatic N) is 2. The molecular weight excluding hydrogens is 224 g/mol. The molecule has 0 saturated heterocycles. The SMILES string of the molecule is Nc1cccc(-c2ncc(-c3ccncc3)[nH]2)c1. The van der Waals surface area contributed by atoms with E-state index in [9.17, 15) is 0 Å². The first-order valence-corrected chi connectivity index (χ1v) is 5.64. The van der Waals surface area contributed by atoms with E-state index in [1.165, 1.54) is 0 Å². The van der Waals surface area contributed by atoms with E-state index in [1.807, 2.05) is 42.6 Å². The van der Waals surface area contributed by atoms with Crippen LogP contribution in [0.15, 0.2) is 55.0 Å². The standard InChI is InChI=1S/C14H12N4/c15-12-3-1-2-11(8-12)14-17-9-13(18-14)10-4-6-16-7-5-10/h1-9H,15H2,(H,17,18). The Hall–Kier alpha value is -2.62. The van der Waals surface area contributed by atoms with E-state index in [0.29, 0.717) is 0 Å². The van der Waals surface area contributed by atoms with Crippen molar-refractivity contribution < 1.29 is 0 Å². The molecule has 0 amide bonds. The van der Waals surface area contributed by atoms with Crippen molar-refractivity contribution in [3.63, 3.8) is 0 Å². The summed E-state index contributed by atoms with van der Waals surface area (Å²) in [5.74, 6) is 0.814. The summed E-state index contributed by atoms with van der Waals surface area (Å²) >= 11 is 0. The highest BCUT2D eigenvalue weighted by Crippen LogP contribution is 2.22. The number of aromatic amines is 1. The summed E-state index contributed by atoms with van der Waals surface area (Å²) in [4.78, 5) is 11.6. The number of aromatic nitrogens is 3. The lowest BCUT2D eigenvalue weighted by atomic mass is 10.2. The van der Waals surface area contributed by atoms with Gasteiger partial charge in [0.2, 0.25) is 0 Å². The molecule has 0 radical (unpaired) electrons. The molecule has 0 saturated carbocycles. The molecule has 0 bridgehead atoms. The molecule has 88 valence electrons. The Kier molecular flexibility index (Phi) is 2.53. The van der Waals surface area contributed by atoms with Crippen LogP contribution in [0.2, 0.25) is 0 Å². The molecule has 0 unspecified atom stereocenters. The number of pyridine rings is 1. The maximum Gasteiger partial charge on any atom is 0.137 e. The van der Waals surface area contributed by atoms with Gasteiger partial charge in [-0.15, -0.1) is 0 Å². The molecule has 0 aliphatic heterocycles. The summed E-state index contributed by atoms with van der Waals surface area (Å²) in [6, 6.07) is 11.5. The van der Waals surface area contributed by atoms with Crippen molar-refractivity contribution >= 4 is 5.69 Å². The first-order valence-electron chi connectivity index (χ1n) is 5.64. The Morgan fingerprint density at radius 1 is 1.00 bits per heavy atom. The third-order valence-corrected chi connectivity index (χ3v) is 2.73. The molecule has 1 aromatic carbocycles. The zero-order chi connectivity index (χ0) is 12.4. The Balaban J connectivity index is 2.00. The number of hydrogen-bond acceptors (Lipinski definition) is 3. The lowest BCUT2D eigenvalue weighted by Gasteiger charge is -1.99. The zero-order valence-electron chi connectivity index (χ0n) is 9.67. The second-order valence-corrected chi connectivity index (χ2v) is 4.01. The predicted molar refractivity (Wildman–Crippen MR) is 71.7 cm³/mol. The van der Waals surface area contributed by atoms with Crippen molar-refractivity contribution in [2.24, 2.45) is 0 Å². The van der Waals surface area contributed by atoms with Crippen molar-refractivity contribution in [3.05, 3.63) is 55.0 Å². The minimum atomic E-state index is 0.731. The van der Waals surface area contributed by atoms with Gasteiger partial charge in [-0.1, -0.05) is 12.1 Å². The average Bonchev–Trinajstić information content (AvgIpc) is 2.89. The van der Waals surface area contributed by atoms with Crippen LogP contribution in [0.5, 0.6) is 0 Å². The van der Waals surface area contributed by atoms with Gasteiger partial charge in [-0.05, 0) is 24.3 Å². The summed E-state index contributed by atoms with van der Waals surface area (Å²) in [6.45, 7) is 0. The van der Waals surface area contributed by atoms with Crippen molar-refractivity contribution in [2.45, 2.75) is 0 Å². The first kappa shape index (κ1) is 10.5. The summed E-state index contributed by atoms with van der Waals surface area (Å²) in [5, 5.41) is 0. The molecule has 0 fully saturated rings. The van der Waals surface area contributed by atoms with Gasteiger partial charge in [-0.2, -0.15) is 0 Å². The van der Waals surface area contributed by atoms with E-state index < -0.39 is 0 Å². The monoisotopic (exact) mass is 236 g/mol. The van der Waals surface area contributed by atoms with Gasteiger partial charge < -0.3 is 10.7 Å². The minimum Gasteiger partial charge on any atom is -0.399 e. The largest absolute Gasteiger partial charge is 0.399 e. The Morgan fingerprint density at radius 3 is 2.61 bits per heavy atom. The fourth-order valence-corrected chi connectivity index (χ4v) is 1.83. The molecule has 18 heavy (non-hydrogen) atoms. The Bertz CT molecular complexity index is 658. The molecule has 3 aromatic rings. The molecular formula is C14H12N4. The lowest BCUT2D eigenvalue weighted by molar-refractivity contribution is 1.30. The van der Waals surface area contributed by atoms with E-state index >= 15 is 0 Å². The van der Waals surface area contributed by atoms with E-state index in [-0.39, 0.29) is 0 Å². The van der Waals surface area contributed by atoms with Crippen LogP contribution in [0.3, 0.4) is 0 Å². The van der Waals surface area contributed by atoms with Gasteiger partial charge in [0.15, 0.2) is 0 Å². The molecule has 0 atom stereocenters. The van der Waals surface area contributed by atoms with E-state index in [1.54, 1.807) is 12.4 Å². The second-order valence-electron chi connectivity index (χ2n) is 4.01. The van der Waals surface area contributed by atoms with Crippen LogP contribution >= 0.6 is 0 Å². The molecule has 4 nitrogen and oxygen atoms in total. The minimum absolute atomic E-state index is 0.731. The van der Waals surface area contributed by atoms with E-state index in [0.717, 1.165) is 28.3 Å². The van der Waals surface area contributed by atoms with Crippen LogP contribution < -0.4 is 5.73 Å². The number of hydrogen-bond donors (Lipinski definition) is 2. The number of imidazole rings is 1. The summed E-state index contributed by atoms with van der Waals surface area (Å²) in [6.07, 6.45) is 5.33. The molecule has 2 aromatic heterocycles. The maximum atomic E-state index is 5.76. The molecule has 3 N–H and O–H groups in total. The van der Waals surface area contributed by atoms with Crippen LogP contribution in [0.25, 0.3) is 22.6 Å². The van der Waals surface area contributed by atoms with Crippen LogP contribution in [-0.4, -0.2) is 15.0 Å². The molecule has 3 rings (SSSR count). The number of nitrogens with two attached hydrogens (primary N) is 1. The third-order valence-electron chi connectivity index (χ3n) is 2.73. The quantitative estimate of drug-likeness (QED) is 0.672. The number of H-pyrrole nitrogens is 1. The van der Waals surface area contributed by atoms with Gasteiger partial charge in [0.05, 0.1) is 11.9 Å². The van der Waals surface area contributed by atoms with Crippen LogP contribution in [0.4, 0.5) is 5.69 Å². The normalized spacial score (nSPS) is 10.4. The van der Waals surface area contributed by atoms with Gasteiger partial charge in [-0.3, -0.25) is 4.98 Å². The highest BCUT2D eigenvalue weighted by atomic mass is 14.9. The van der Waals surface area contributed by atoms with Crippen molar-refractivity contribution in [2.75, 3.05) is 5.73 Å². The van der Waals surface area contributed by atoms with E-state index in [4.69, 9.17) is 5.73 Å². The van der Waals surface area contributed by atoms with Crippen molar-refractivity contribution in [3.8, 4) is 22.6 Å². The summed E-state index contributed by atoms with van der Waals surface area (Å²) in [7, 11) is 0. The topological polar surface area (TPSA) is 67.6 Å². The van der Waals surface area contributed by atoms with Crippen LogP contribution in [0.1, 0.15) is 0 Å². The fourth-order valence-electron chi connectivity index (χ4n) is 1.83. The molecule has 0 aliphatic carbocycles. The predicted octanol–water partition coefficient (Wildman–Crippen LogP) is 2.72. The molecule has 2 heterocycles. The molecule has 4 heteroatoms. The third kappa shape index (κ3) is 1.96. The Labute approximate surface area is 105 Å². The average molecular weight is 236 g/mol. The van der Waals surface area contributed by atoms with Gasteiger partial charge in [0, 0.05) is 29.2 Å². The zero-order valence-corrected chi connectivity index (χ0v) is 9.67. The maximum absolute atomic E-state index is 5.76. The number of rotatable bonds is 2. The van der Waals surface area contributed by atoms with Crippen molar-refractivity contribution in [1.29, 1.82) is 0 Å². The smallest absolute Gasteiger partial charge is 0.137 e. The first-order chi connectivity index (χ1) is 8.83. The number of nitrogen functional groups attached to an aromatic ring is 1. The Morgan fingerprint density at radius 2 is 1.83 bits per heavy atom. The van der Waals surface area contributed by atoms with Crippen LogP contribution in [0, 0.1) is 0 Å². The summed E-state index contributed by atoms with van der Waals surface area (Å²) in [5.41, 5.74) is 9.51. The van der Waals surface area contributed by atoms with Gasteiger partial charge in [0.1, 0.15) is 5.82 Å². The summed E-state index contributed by atoms with van der Waals surface area (Å²) < 4.78 is 0. The number of nitrogens with one attached hydrogen (secondary N) is 1. The lowest BCUT2D eigenvalue weighted by Crippen LogP contribution is -1.86. The fraction of sp³-hybridized carbons (Fsp3) is 0. The van der Waals surface area contributed by atoms with Crippen LogP contribution in [-0.2, 0) is 0 Å². The highest BCUT2D eigenvalue weighted by molar-refractivity contribution is 5.66. The van der Waals surface area contributed by atoms with E-state index in [2.05, 4.69) is 15.0 Å². The highest BCUT2D eigenvalue weighted by Gasteiger charge is 2.05. The molecule has 0 aliphatic rings. The van der Waals surface area contributed by atoms with Gasteiger partial charge >= 0.3 is 0 Å². The molecule has 0 spiro atoms. The number of anilines is 1. The number of benzene rings is 1. The van der Waals surface area contributed by atoms with Gasteiger partial charge in [0.25, 0.3) is 0 Å².